The van der Waals surface area contributed by atoms with E-state index in [1.54, 1.807) is 6.26 Å². The van der Waals surface area contributed by atoms with Gasteiger partial charge in [0.25, 0.3) is 0 Å². The van der Waals surface area contributed by atoms with Crippen molar-refractivity contribution in [2.24, 2.45) is 5.41 Å². The van der Waals surface area contributed by atoms with Gasteiger partial charge in [0.15, 0.2) is 0 Å². The van der Waals surface area contributed by atoms with Crippen LogP contribution in [0.3, 0.4) is 0 Å². The SMILES string of the molecule is CC(C)(C)CC(Cl)CNC(=O)CCc1ccco1. The summed E-state index contributed by atoms with van der Waals surface area (Å²) in [5.41, 5.74) is 0.186. The highest BCUT2D eigenvalue weighted by molar-refractivity contribution is 6.20. The molecular weight excluding hydrogens is 250 g/mol. The van der Waals surface area contributed by atoms with Gasteiger partial charge in [-0.1, -0.05) is 20.8 Å². The molecule has 0 aliphatic carbocycles. The number of amides is 1. The molecule has 0 bridgehead atoms. The van der Waals surface area contributed by atoms with Crippen molar-refractivity contribution in [2.45, 2.75) is 45.4 Å². The number of hydrogen-bond donors (Lipinski definition) is 1. The van der Waals surface area contributed by atoms with Gasteiger partial charge in [0, 0.05) is 19.4 Å². The Kier molecular flexibility index (Phi) is 5.73. The van der Waals surface area contributed by atoms with E-state index < -0.39 is 0 Å². The second-order valence-electron chi connectivity index (χ2n) is 5.75. The fourth-order valence-corrected chi connectivity index (χ4v) is 2.28. The molecule has 0 radical (unpaired) electrons. The topological polar surface area (TPSA) is 42.2 Å². The van der Waals surface area contributed by atoms with E-state index in [0.717, 1.165) is 12.2 Å². The average molecular weight is 272 g/mol. The number of rotatable bonds is 6. The van der Waals surface area contributed by atoms with Gasteiger partial charge in [-0.3, -0.25) is 4.79 Å². The van der Waals surface area contributed by atoms with Crippen molar-refractivity contribution in [2.75, 3.05) is 6.54 Å². The molecule has 0 aromatic carbocycles. The summed E-state index contributed by atoms with van der Waals surface area (Å²) in [6.07, 6.45) is 3.57. The van der Waals surface area contributed by atoms with Crippen LogP contribution in [0, 0.1) is 5.41 Å². The zero-order valence-electron chi connectivity index (χ0n) is 11.3. The molecule has 3 nitrogen and oxygen atoms in total. The second kappa shape index (κ2) is 6.83. The van der Waals surface area contributed by atoms with Crippen LogP contribution in [0.25, 0.3) is 0 Å². The van der Waals surface area contributed by atoms with E-state index in [4.69, 9.17) is 16.0 Å². The maximum Gasteiger partial charge on any atom is 0.220 e. The number of nitrogens with one attached hydrogen (secondary N) is 1. The highest BCUT2D eigenvalue weighted by atomic mass is 35.5. The van der Waals surface area contributed by atoms with Gasteiger partial charge in [-0.05, 0) is 24.0 Å². The molecule has 0 aliphatic rings. The summed E-state index contributed by atoms with van der Waals surface area (Å²) < 4.78 is 5.17. The van der Waals surface area contributed by atoms with E-state index in [-0.39, 0.29) is 16.7 Å². The van der Waals surface area contributed by atoms with Crippen molar-refractivity contribution in [3.05, 3.63) is 24.2 Å². The number of furan rings is 1. The molecule has 1 rings (SSSR count). The Morgan fingerprint density at radius 3 is 2.78 bits per heavy atom. The molecule has 4 heteroatoms. The van der Waals surface area contributed by atoms with Gasteiger partial charge >= 0.3 is 0 Å². The maximum atomic E-state index is 11.6. The standard InChI is InChI=1S/C14H22ClNO2/c1-14(2,3)9-11(15)10-16-13(17)7-6-12-5-4-8-18-12/h4-5,8,11H,6-7,9-10H2,1-3H3,(H,16,17). The number of hydrogen-bond acceptors (Lipinski definition) is 2. The minimum atomic E-state index is -0.0161. The van der Waals surface area contributed by atoms with Crippen LogP contribution >= 0.6 is 11.6 Å². The zero-order valence-corrected chi connectivity index (χ0v) is 12.1. The monoisotopic (exact) mass is 271 g/mol. The Labute approximate surface area is 114 Å². The lowest BCUT2D eigenvalue weighted by molar-refractivity contribution is -0.121. The first-order chi connectivity index (χ1) is 8.37. The molecule has 1 amide bonds. The molecular formula is C14H22ClNO2. The molecule has 0 fully saturated rings. The van der Waals surface area contributed by atoms with Gasteiger partial charge in [-0.2, -0.15) is 0 Å². The van der Waals surface area contributed by atoms with Gasteiger partial charge < -0.3 is 9.73 Å². The van der Waals surface area contributed by atoms with Gasteiger partial charge in [0.1, 0.15) is 5.76 Å². The van der Waals surface area contributed by atoms with E-state index >= 15 is 0 Å². The van der Waals surface area contributed by atoms with Crippen LogP contribution < -0.4 is 5.32 Å². The van der Waals surface area contributed by atoms with Gasteiger partial charge in [0.2, 0.25) is 5.91 Å². The molecule has 0 saturated carbocycles. The first-order valence-electron chi connectivity index (χ1n) is 6.30. The highest BCUT2D eigenvalue weighted by Crippen LogP contribution is 2.23. The lowest BCUT2D eigenvalue weighted by Gasteiger charge is -2.21. The molecule has 1 aromatic heterocycles. The van der Waals surface area contributed by atoms with Crippen LogP contribution in [0.2, 0.25) is 0 Å². The third-order valence-electron chi connectivity index (χ3n) is 2.53. The molecule has 0 aliphatic heterocycles. The van der Waals surface area contributed by atoms with Crippen LogP contribution in [-0.4, -0.2) is 17.8 Å². The summed E-state index contributed by atoms with van der Waals surface area (Å²) in [7, 11) is 0. The Hall–Kier alpha value is -0.960. The minimum Gasteiger partial charge on any atom is -0.469 e. The fraction of sp³-hybridized carbons (Fsp3) is 0.643. The third-order valence-corrected chi connectivity index (χ3v) is 2.84. The highest BCUT2D eigenvalue weighted by Gasteiger charge is 2.17. The summed E-state index contributed by atoms with van der Waals surface area (Å²) >= 11 is 6.18. The fourth-order valence-electron chi connectivity index (χ4n) is 1.74. The first kappa shape index (κ1) is 15.1. The predicted octanol–water partition coefficient (Wildman–Crippen LogP) is 3.37. The van der Waals surface area contributed by atoms with Crippen molar-refractivity contribution in [3.63, 3.8) is 0 Å². The summed E-state index contributed by atoms with van der Waals surface area (Å²) in [6, 6.07) is 3.70. The van der Waals surface area contributed by atoms with Gasteiger partial charge in [-0.25, -0.2) is 0 Å². The van der Waals surface area contributed by atoms with Crippen LogP contribution in [0.4, 0.5) is 0 Å². The Morgan fingerprint density at radius 2 is 2.22 bits per heavy atom. The lowest BCUT2D eigenvalue weighted by atomic mass is 9.90. The summed E-state index contributed by atoms with van der Waals surface area (Å²) in [5.74, 6) is 0.855. The predicted molar refractivity (Wildman–Crippen MR) is 73.8 cm³/mol. The normalized spacial score (nSPS) is 13.3. The smallest absolute Gasteiger partial charge is 0.220 e. The number of aryl methyl sites for hydroxylation is 1. The lowest BCUT2D eigenvalue weighted by Crippen LogP contribution is -2.31. The molecule has 0 spiro atoms. The molecule has 1 heterocycles. The Morgan fingerprint density at radius 1 is 1.50 bits per heavy atom. The summed E-state index contributed by atoms with van der Waals surface area (Å²) in [6.45, 7) is 6.94. The molecule has 1 unspecified atom stereocenters. The van der Waals surface area contributed by atoms with E-state index in [0.29, 0.717) is 19.4 Å². The Balaban J connectivity index is 2.17. The largest absolute Gasteiger partial charge is 0.469 e. The van der Waals surface area contributed by atoms with Gasteiger partial charge in [-0.15, -0.1) is 11.6 Å². The molecule has 0 saturated heterocycles. The van der Waals surface area contributed by atoms with Crippen molar-refractivity contribution in [3.8, 4) is 0 Å². The molecule has 1 N–H and O–H groups in total. The number of carbonyl (C=O) groups excluding carboxylic acids is 1. The van der Waals surface area contributed by atoms with Crippen LogP contribution in [0.5, 0.6) is 0 Å². The molecule has 102 valence electrons. The van der Waals surface area contributed by atoms with Crippen molar-refractivity contribution in [1.29, 1.82) is 0 Å². The quantitative estimate of drug-likeness (QED) is 0.806. The van der Waals surface area contributed by atoms with Crippen LogP contribution in [-0.2, 0) is 11.2 Å². The molecule has 18 heavy (non-hydrogen) atoms. The number of carbonyl (C=O) groups is 1. The maximum absolute atomic E-state index is 11.6. The summed E-state index contributed by atoms with van der Waals surface area (Å²) in [5, 5.41) is 2.84. The van der Waals surface area contributed by atoms with E-state index in [9.17, 15) is 4.79 Å². The zero-order chi connectivity index (χ0) is 13.6. The second-order valence-corrected chi connectivity index (χ2v) is 6.36. The molecule has 1 atom stereocenters. The Bertz CT molecular complexity index is 354. The van der Waals surface area contributed by atoms with Crippen LogP contribution in [0.15, 0.2) is 22.8 Å². The van der Waals surface area contributed by atoms with E-state index in [1.807, 2.05) is 12.1 Å². The van der Waals surface area contributed by atoms with E-state index in [1.165, 1.54) is 0 Å². The van der Waals surface area contributed by atoms with Crippen molar-refractivity contribution >= 4 is 17.5 Å². The van der Waals surface area contributed by atoms with Crippen molar-refractivity contribution in [1.82, 2.24) is 5.32 Å². The minimum absolute atomic E-state index is 0.0161. The van der Waals surface area contributed by atoms with Crippen molar-refractivity contribution < 1.29 is 9.21 Å². The third kappa shape index (κ3) is 6.70. The summed E-state index contributed by atoms with van der Waals surface area (Å²) in [4.78, 5) is 11.6. The van der Waals surface area contributed by atoms with Crippen LogP contribution in [0.1, 0.15) is 39.4 Å². The first-order valence-corrected chi connectivity index (χ1v) is 6.73. The van der Waals surface area contributed by atoms with Gasteiger partial charge in [0.05, 0.1) is 11.6 Å². The number of alkyl halides is 1. The average Bonchev–Trinajstić information content (AvgIpc) is 2.74. The molecule has 1 aromatic rings. The number of halogens is 1. The van der Waals surface area contributed by atoms with E-state index in [2.05, 4.69) is 26.1 Å².